The van der Waals surface area contributed by atoms with Crippen LogP contribution in [0.15, 0.2) is 29.2 Å². The number of hydrogen-bond acceptors (Lipinski definition) is 6. The molecular formula is C22H28ClF3N2O5S. The average molecular weight is 525 g/mol. The maximum absolute atomic E-state index is 13.1. The van der Waals surface area contributed by atoms with Gasteiger partial charge in [0.15, 0.2) is 0 Å². The Bertz CT molecular complexity index is 952. The van der Waals surface area contributed by atoms with Crippen LogP contribution in [0, 0.1) is 11.3 Å². The van der Waals surface area contributed by atoms with Crippen LogP contribution in [0.1, 0.15) is 33.3 Å². The summed E-state index contributed by atoms with van der Waals surface area (Å²) in [5.41, 5.74) is -1.42. The Hall–Kier alpha value is -1.79. The third-order valence-electron chi connectivity index (χ3n) is 5.08. The number of carbonyl (C=O) groups is 2. The minimum absolute atomic E-state index is 0.0298. The molecule has 34 heavy (non-hydrogen) atoms. The van der Waals surface area contributed by atoms with E-state index >= 15 is 0 Å². The topological polar surface area (TPSA) is 119 Å². The van der Waals surface area contributed by atoms with Crippen molar-refractivity contribution in [3.05, 3.63) is 34.9 Å². The highest BCUT2D eigenvalue weighted by Gasteiger charge is 2.36. The number of hydrogen-bond donors (Lipinski definition) is 5. The van der Waals surface area contributed by atoms with E-state index < -0.39 is 53.8 Å². The third-order valence-corrected chi connectivity index (χ3v) is 6.71. The van der Waals surface area contributed by atoms with E-state index in [4.69, 9.17) is 11.6 Å². The predicted molar refractivity (Wildman–Crippen MR) is 124 cm³/mol. The molecule has 12 heteroatoms. The Morgan fingerprint density at radius 1 is 1.24 bits per heavy atom. The van der Waals surface area contributed by atoms with Gasteiger partial charge in [0.05, 0.1) is 28.3 Å². The highest BCUT2D eigenvalue weighted by molar-refractivity contribution is 7.99. The number of carbonyl (C=O) groups excluding carboxylic acids is 2. The quantitative estimate of drug-likeness (QED) is 0.365. The van der Waals surface area contributed by atoms with Crippen LogP contribution >= 0.6 is 23.4 Å². The second kappa shape index (κ2) is 10.9. The minimum Gasteiger partial charge on any atom is -0.389 e. The summed E-state index contributed by atoms with van der Waals surface area (Å²) in [6.07, 6.45) is -6.43. The number of amides is 2. The Labute approximate surface area is 204 Å². The van der Waals surface area contributed by atoms with Gasteiger partial charge in [0.1, 0.15) is 18.2 Å². The first-order valence-corrected chi connectivity index (χ1v) is 11.8. The molecule has 0 fully saturated rings. The summed E-state index contributed by atoms with van der Waals surface area (Å²) >= 11 is 6.98. The summed E-state index contributed by atoms with van der Waals surface area (Å²) in [6, 6.07) is 0.385. The van der Waals surface area contributed by atoms with Crippen molar-refractivity contribution in [2.75, 3.05) is 11.1 Å². The first-order chi connectivity index (χ1) is 15.5. The van der Waals surface area contributed by atoms with Crippen molar-refractivity contribution in [1.82, 2.24) is 5.32 Å². The normalized spacial score (nSPS) is 20.7. The smallest absolute Gasteiger partial charge is 0.389 e. The van der Waals surface area contributed by atoms with E-state index in [1.807, 2.05) is 20.8 Å². The van der Waals surface area contributed by atoms with Gasteiger partial charge in [-0.2, -0.15) is 13.2 Å². The molecule has 0 spiro atoms. The van der Waals surface area contributed by atoms with Crippen molar-refractivity contribution in [1.29, 1.82) is 0 Å². The van der Waals surface area contributed by atoms with Crippen LogP contribution in [0.25, 0.3) is 0 Å². The molecule has 5 N–H and O–H groups in total. The number of rotatable bonds is 6. The summed E-state index contributed by atoms with van der Waals surface area (Å²) in [4.78, 5) is 25.4. The van der Waals surface area contributed by atoms with E-state index in [-0.39, 0.29) is 26.8 Å². The van der Waals surface area contributed by atoms with Crippen LogP contribution in [-0.4, -0.2) is 57.2 Å². The predicted octanol–water partition coefficient (Wildman–Crippen LogP) is 3.21. The fourth-order valence-corrected chi connectivity index (χ4v) is 4.44. The minimum atomic E-state index is -4.66. The maximum Gasteiger partial charge on any atom is 0.416 e. The van der Waals surface area contributed by atoms with Gasteiger partial charge in [-0.25, -0.2) is 0 Å². The number of halogens is 4. The lowest BCUT2D eigenvalue weighted by molar-refractivity contribution is -0.137. The lowest BCUT2D eigenvalue weighted by Crippen LogP contribution is -2.51. The monoisotopic (exact) mass is 524 g/mol. The van der Waals surface area contributed by atoms with E-state index in [9.17, 15) is 38.1 Å². The van der Waals surface area contributed by atoms with Crippen LogP contribution in [0.3, 0.4) is 0 Å². The van der Waals surface area contributed by atoms with E-state index in [2.05, 4.69) is 10.6 Å². The zero-order valence-corrected chi connectivity index (χ0v) is 20.6. The van der Waals surface area contributed by atoms with Crippen molar-refractivity contribution >= 4 is 40.9 Å². The van der Waals surface area contributed by atoms with Crippen LogP contribution in [0.2, 0.25) is 5.02 Å². The molecule has 0 saturated heterocycles. The Kier molecular flexibility index (Phi) is 9.09. The number of alkyl halides is 3. The molecule has 2 amide bonds. The third kappa shape index (κ3) is 7.35. The van der Waals surface area contributed by atoms with Crippen molar-refractivity contribution in [3.63, 3.8) is 0 Å². The SMILES string of the molecule is C[C@@H](C(=O)N[C@H]1CSc2c(Cl)cc(C(F)(F)F)cc2NC1=O)[C@H](O)[C@@H](O)[C@H](O)/C=C/C(C)(C)C. The van der Waals surface area contributed by atoms with Gasteiger partial charge < -0.3 is 26.0 Å². The van der Waals surface area contributed by atoms with Crippen molar-refractivity contribution in [2.45, 2.75) is 63.1 Å². The molecule has 1 aliphatic heterocycles. The Morgan fingerprint density at radius 2 is 1.85 bits per heavy atom. The molecule has 1 aromatic rings. The van der Waals surface area contributed by atoms with E-state index in [1.165, 1.54) is 13.0 Å². The first-order valence-electron chi connectivity index (χ1n) is 10.4. The van der Waals surface area contributed by atoms with Gasteiger partial charge in [-0.3, -0.25) is 9.59 Å². The van der Waals surface area contributed by atoms with Gasteiger partial charge in [0.25, 0.3) is 0 Å². The molecule has 0 radical (unpaired) electrons. The molecule has 5 atom stereocenters. The fraction of sp³-hybridized carbons (Fsp3) is 0.545. The standard InChI is InChI=1S/C22H28ClF3N2O5S/c1-10(16(30)17(31)15(29)5-6-21(2,3)4)19(32)28-14-9-34-18-12(23)7-11(22(24,25)26)8-13(18)27-20(14)33/h5-8,10,14-17,29-31H,9H2,1-4H3,(H,27,33)(H,28,32)/b6-5+/t10-,14+,15-,16+,17+/m1/s1. The molecule has 0 bridgehead atoms. The number of thioether (sulfide) groups is 1. The summed E-state index contributed by atoms with van der Waals surface area (Å²) in [5, 5.41) is 35.3. The molecule has 7 nitrogen and oxygen atoms in total. The van der Waals surface area contributed by atoms with E-state index in [0.29, 0.717) is 0 Å². The second-order valence-corrected chi connectivity index (χ2v) is 10.6. The molecule has 0 aliphatic carbocycles. The van der Waals surface area contributed by atoms with Gasteiger partial charge in [0.2, 0.25) is 11.8 Å². The van der Waals surface area contributed by atoms with Gasteiger partial charge in [-0.15, -0.1) is 11.8 Å². The summed E-state index contributed by atoms with van der Waals surface area (Å²) in [6.45, 7) is 6.94. The largest absolute Gasteiger partial charge is 0.416 e. The van der Waals surface area contributed by atoms with Gasteiger partial charge in [0, 0.05) is 10.6 Å². The number of aliphatic hydroxyl groups is 3. The number of nitrogens with one attached hydrogen (secondary N) is 2. The highest BCUT2D eigenvalue weighted by atomic mass is 35.5. The van der Waals surface area contributed by atoms with Crippen LogP contribution in [0.4, 0.5) is 18.9 Å². The maximum atomic E-state index is 13.1. The van der Waals surface area contributed by atoms with E-state index in [0.717, 1.165) is 23.9 Å². The molecule has 0 aromatic heterocycles. The van der Waals surface area contributed by atoms with Crippen LogP contribution in [0.5, 0.6) is 0 Å². The number of aliphatic hydroxyl groups excluding tert-OH is 3. The average Bonchev–Trinajstić information content (AvgIpc) is 2.87. The molecule has 2 rings (SSSR count). The summed E-state index contributed by atoms with van der Waals surface area (Å²) < 4.78 is 39.2. The lowest BCUT2D eigenvalue weighted by Gasteiger charge is -2.27. The summed E-state index contributed by atoms with van der Waals surface area (Å²) in [7, 11) is 0. The number of fused-ring (bicyclic) bond motifs is 1. The van der Waals surface area contributed by atoms with Crippen LogP contribution < -0.4 is 10.6 Å². The van der Waals surface area contributed by atoms with Gasteiger partial charge >= 0.3 is 6.18 Å². The van der Waals surface area contributed by atoms with E-state index in [1.54, 1.807) is 6.08 Å². The number of allylic oxidation sites excluding steroid dienone is 1. The van der Waals surface area contributed by atoms with Gasteiger partial charge in [-0.05, 0) is 17.5 Å². The molecular weight excluding hydrogens is 497 g/mol. The molecule has 0 unspecified atom stereocenters. The molecule has 1 heterocycles. The van der Waals surface area contributed by atoms with Crippen molar-refractivity contribution < 1.29 is 38.1 Å². The van der Waals surface area contributed by atoms with Crippen molar-refractivity contribution in [2.24, 2.45) is 11.3 Å². The molecule has 1 aromatic carbocycles. The Balaban J connectivity index is 2.09. The number of benzene rings is 1. The zero-order valence-electron chi connectivity index (χ0n) is 19.0. The lowest BCUT2D eigenvalue weighted by atomic mass is 9.92. The van der Waals surface area contributed by atoms with Crippen molar-refractivity contribution in [3.8, 4) is 0 Å². The zero-order chi connectivity index (χ0) is 26.0. The van der Waals surface area contributed by atoms with Gasteiger partial charge in [-0.1, -0.05) is 51.4 Å². The first kappa shape index (κ1) is 28.4. The second-order valence-electron chi connectivity index (χ2n) is 9.18. The number of anilines is 1. The Morgan fingerprint density at radius 3 is 2.41 bits per heavy atom. The summed E-state index contributed by atoms with van der Waals surface area (Å²) in [5.74, 6) is -2.79. The van der Waals surface area contributed by atoms with Crippen LogP contribution in [-0.2, 0) is 15.8 Å². The molecule has 190 valence electrons. The molecule has 0 saturated carbocycles. The molecule has 1 aliphatic rings. The highest BCUT2D eigenvalue weighted by Crippen LogP contribution is 2.42. The fourth-order valence-electron chi connectivity index (χ4n) is 3.02.